The van der Waals surface area contributed by atoms with E-state index < -0.39 is 24.1 Å². The van der Waals surface area contributed by atoms with E-state index >= 15 is 0 Å². The molecule has 0 saturated carbocycles. The molecule has 5 nitrogen and oxygen atoms in total. The minimum absolute atomic E-state index is 1.19. The second-order valence-corrected chi connectivity index (χ2v) is 3.18. The monoisotopic (exact) mass is 226 g/mol. The van der Waals surface area contributed by atoms with Gasteiger partial charge in [0.1, 0.15) is 0 Å². The van der Waals surface area contributed by atoms with Gasteiger partial charge in [-0.3, -0.25) is 0 Å². The van der Waals surface area contributed by atoms with E-state index in [0.29, 0.717) is 0 Å². The van der Waals surface area contributed by atoms with E-state index in [1.807, 2.05) is 0 Å². The van der Waals surface area contributed by atoms with Gasteiger partial charge in [-0.05, 0) is 14.1 Å². The summed E-state index contributed by atoms with van der Waals surface area (Å²) in [6, 6.07) is 0. The predicted molar refractivity (Wildman–Crippen MR) is 43.1 cm³/mol. The Morgan fingerprint density at radius 3 is 2.27 bits per heavy atom. The number of cyclic esters (lactones) is 1. The Balaban J connectivity index is 3.00. The molecular weight excluding hydrogens is 217 g/mol. The van der Waals surface area contributed by atoms with Crippen LogP contribution in [0.15, 0.2) is 4.99 Å². The molecule has 0 fully saturated rings. The van der Waals surface area contributed by atoms with Gasteiger partial charge in [-0.2, -0.15) is 13.2 Å². The van der Waals surface area contributed by atoms with Crippen LogP contribution in [-0.2, 0) is 9.47 Å². The Morgan fingerprint density at radius 2 is 1.87 bits per heavy atom. The highest BCUT2D eigenvalue weighted by atomic mass is 19.4. The highest BCUT2D eigenvalue weighted by Gasteiger charge is 2.49. The minimum atomic E-state index is -4.81. The highest BCUT2D eigenvalue weighted by Crippen LogP contribution is 2.28. The molecule has 0 radical (unpaired) electrons. The number of halogens is 3. The molecule has 8 heteroatoms. The normalized spacial score (nSPS) is 27.1. The van der Waals surface area contributed by atoms with Gasteiger partial charge in [0.25, 0.3) is 0 Å². The van der Waals surface area contributed by atoms with Gasteiger partial charge in [0.2, 0.25) is 0 Å². The molecule has 0 saturated heterocycles. The summed E-state index contributed by atoms with van der Waals surface area (Å²) in [4.78, 5) is 14.6. The van der Waals surface area contributed by atoms with Crippen LogP contribution in [0.3, 0.4) is 0 Å². The van der Waals surface area contributed by atoms with E-state index in [-0.39, 0.29) is 0 Å². The first kappa shape index (κ1) is 11.8. The zero-order chi connectivity index (χ0) is 11.9. The molecule has 1 amide bonds. The lowest BCUT2D eigenvalue weighted by Gasteiger charge is -2.37. The van der Waals surface area contributed by atoms with E-state index in [1.165, 1.54) is 25.9 Å². The minimum Gasteiger partial charge on any atom is -0.417 e. The summed E-state index contributed by atoms with van der Waals surface area (Å²) in [5.74, 6) is -3.39. The van der Waals surface area contributed by atoms with Gasteiger partial charge in [-0.15, -0.1) is 4.99 Å². The van der Waals surface area contributed by atoms with Crippen molar-refractivity contribution in [1.82, 2.24) is 4.90 Å². The van der Waals surface area contributed by atoms with Crippen molar-refractivity contribution in [3.63, 3.8) is 0 Å². The van der Waals surface area contributed by atoms with Crippen molar-refractivity contribution < 1.29 is 27.4 Å². The standard InChI is InChI=1S/C7H9F3N2O3/c1-6(12(2)3)14-4(7(8,9)10)11-5(13)15-6/h1-3H3. The van der Waals surface area contributed by atoms with E-state index in [0.717, 1.165) is 0 Å². The number of aliphatic imine (C=N–C) groups is 1. The number of hydrogen-bond acceptors (Lipinski definition) is 4. The van der Waals surface area contributed by atoms with Crippen LogP contribution >= 0.6 is 0 Å². The zero-order valence-electron chi connectivity index (χ0n) is 8.25. The third kappa shape index (κ3) is 2.38. The first-order valence-corrected chi connectivity index (χ1v) is 3.90. The zero-order valence-corrected chi connectivity index (χ0v) is 8.25. The lowest BCUT2D eigenvalue weighted by Crippen LogP contribution is -2.53. The van der Waals surface area contributed by atoms with Crippen molar-refractivity contribution in [2.45, 2.75) is 19.0 Å². The van der Waals surface area contributed by atoms with Gasteiger partial charge in [0, 0.05) is 6.92 Å². The Bertz CT molecular complexity index is 313. The molecule has 86 valence electrons. The van der Waals surface area contributed by atoms with Crippen LogP contribution in [-0.4, -0.2) is 43.1 Å². The molecule has 1 heterocycles. The van der Waals surface area contributed by atoms with Gasteiger partial charge < -0.3 is 9.47 Å². The van der Waals surface area contributed by atoms with Crippen LogP contribution in [0.4, 0.5) is 18.0 Å². The number of carbonyl (C=O) groups is 1. The fourth-order valence-electron chi connectivity index (χ4n) is 0.795. The highest BCUT2D eigenvalue weighted by molar-refractivity contribution is 5.93. The Labute approximate surface area is 83.5 Å². The molecule has 1 unspecified atom stereocenters. The van der Waals surface area contributed by atoms with Gasteiger partial charge in [-0.25, -0.2) is 9.69 Å². The van der Waals surface area contributed by atoms with Crippen molar-refractivity contribution in [2.75, 3.05) is 14.1 Å². The SMILES string of the molecule is CN(C)C1(C)OC(=O)N=C(C(F)(F)F)O1. The number of alkyl halides is 3. The van der Waals surface area contributed by atoms with E-state index in [9.17, 15) is 18.0 Å². The molecule has 1 atom stereocenters. The summed E-state index contributed by atoms with van der Waals surface area (Å²) in [7, 11) is 2.82. The number of carbonyl (C=O) groups excluding carboxylic acids is 1. The van der Waals surface area contributed by atoms with E-state index in [1.54, 1.807) is 0 Å². The molecule has 0 aromatic heterocycles. The fraction of sp³-hybridized carbons (Fsp3) is 0.714. The number of amides is 1. The molecule has 15 heavy (non-hydrogen) atoms. The maximum Gasteiger partial charge on any atom is 0.468 e. The van der Waals surface area contributed by atoms with Crippen LogP contribution in [0.25, 0.3) is 0 Å². The first-order valence-electron chi connectivity index (χ1n) is 3.90. The molecular formula is C7H9F3N2O3. The second-order valence-electron chi connectivity index (χ2n) is 3.18. The fourth-order valence-corrected chi connectivity index (χ4v) is 0.795. The predicted octanol–water partition coefficient (Wildman–Crippen LogP) is 1.35. The first-order chi connectivity index (χ1) is 6.65. The lowest BCUT2D eigenvalue weighted by atomic mass is 10.4. The van der Waals surface area contributed by atoms with Crippen LogP contribution in [0.1, 0.15) is 6.92 Å². The molecule has 1 aliphatic rings. The molecule has 0 spiro atoms. The molecule has 1 aliphatic heterocycles. The topological polar surface area (TPSA) is 51.1 Å². The quantitative estimate of drug-likeness (QED) is 0.677. The van der Waals surface area contributed by atoms with E-state index in [2.05, 4.69) is 14.5 Å². The largest absolute Gasteiger partial charge is 0.468 e. The lowest BCUT2D eigenvalue weighted by molar-refractivity contribution is -0.241. The summed E-state index contributed by atoms with van der Waals surface area (Å²) >= 11 is 0. The van der Waals surface area contributed by atoms with Crippen molar-refractivity contribution >= 4 is 12.0 Å². The van der Waals surface area contributed by atoms with Crippen molar-refractivity contribution in [2.24, 2.45) is 4.99 Å². The van der Waals surface area contributed by atoms with Crippen LogP contribution < -0.4 is 0 Å². The molecule has 1 rings (SSSR count). The van der Waals surface area contributed by atoms with E-state index in [4.69, 9.17) is 0 Å². The number of nitrogens with zero attached hydrogens (tertiary/aromatic N) is 2. The maximum atomic E-state index is 12.2. The third-order valence-corrected chi connectivity index (χ3v) is 1.81. The molecule has 0 bridgehead atoms. The summed E-state index contributed by atoms with van der Waals surface area (Å²) in [6.07, 6.45) is -6.14. The number of rotatable bonds is 1. The average Bonchev–Trinajstić information content (AvgIpc) is 2.00. The van der Waals surface area contributed by atoms with Crippen LogP contribution in [0.5, 0.6) is 0 Å². The number of hydrogen-bond donors (Lipinski definition) is 0. The third-order valence-electron chi connectivity index (χ3n) is 1.81. The van der Waals surface area contributed by atoms with Crippen LogP contribution in [0.2, 0.25) is 0 Å². The van der Waals surface area contributed by atoms with Gasteiger partial charge in [0.15, 0.2) is 0 Å². The second kappa shape index (κ2) is 3.37. The number of ether oxygens (including phenoxy) is 2. The Kier molecular flexibility index (Phi) is 2.64. The smallest absolute Gasteiger partial charge is 0.417 e. The summed E-state index contributed by atoms with van der Waals surface area (Å²) in [6.45, 7) is 1.19. The molecule has 0 N–H and O–H groups in total. The van der Waals surface area contributed by atoms with Crippen molar-refractivity contribution in [3.8, 4) is 0 Å². The Morgan fingerprint density at radius 1 is 1.33 bits per heavy atom. The average molecular weight is 226 g/mol. The van der Waals surface area contributed by atoms with Crippen molar-refractivity contribution in [1.29, 1.82) is 0 Å². The maximum absolute atomic E-state index is 12.2. The summed E-state index contributed by atoms with van der Waals surface area (Å²) in [5, 5.41) is 0. The molecule has 0 aromatic carbocycles. The molecule has 0 aromatic rings. The van der Waals surface area contributed by atoms with Gasteiger partial charge in [-0.1, -0.05) is 0 Å². The van der Waals surface area contributed by atoms with Crippen LogP contribution in [0, 0.1) is 0 Å². The van der Waals surface area contributed by atoms with Crippen molar-refractivity contribution in [3.05, 3.63) is 0 Å². The summed E-state index contributed by atoms with van der Waals surface area (Å²) < 4.78 is 45.7. The summed E-state index contributed by atoms with van der Waals surface area (Å²) in [5.41, 5.74) is 0. The van der Waals surface area contributed by atoms with Gasteiger partial charge >= 0.3 is 24.1 Å². The Hall–Kier alpha value is -1.31. The van der Waals surface area contributed by atoms with Gasteiger partial charge in [0.05, 0.1) is 0 Å². The molecule has 0 aliphatic carbocycles.